The van der Waals surface area contributed by atoms with Crippen LogP contribution in [-0.4, -0.2) is 24.4 Å². The van der Waals surface area contributed by atoms with E-state index in [9.17, 15) is 0 Å². The van der Waals surface area contributed by atoms with Crippen LogP contribution in [0.2, 0.25) is 0 Å². The maximum Gasteiger partial charge on any atom is 0.130 e. The van der Waals surface area contributed by atoms with Crippen LogP contribution in [-0.2, 0) is 0 Å². The van der Waals surface area contributed by atoms with Crippen LogP contribution in [0.5, 0.6) is 5.75 Å². The van der Waals surface area contributed by atoms with E-state index in [4.69, 9.17) is 4.74 Å². The highest BCUT2D eigenvalue weighted by molar-refractivity contribution is 8.33. The average Bonchev–Trinajstić information content (AvgIpc) is 2.33. The Kier molecular flexibility index (Phi) is 4.52. The van der Waals surface area contributed by atoms with Gasteiger partial charge in [-0.25, -0.2) is 10.0 Å². The molecule has 0 aliphatic heterocycles. The molecule has 0 radical (unpaired) electrons. The summed E-state index contributed by atoms with van der Waals surface area (Å²) in [6.45, 7) is 6.90. The fraction of sp³-hybridized carbons (Fsp3) is 0.538. The summed E-state index contributed by atoms with van der Waals surface area (Å²) in [6.07, 6.45) is 0. The molecule has 0 aromatic heterocycles. The molecule has 1 aromatic carbocycles. The number of hydrogen-bond acceptors (Lipinski definition) is 1. The van der Waals surface area contributed by atoms with Gasteiger partial charge in [-0.1, -0.05) is 32.9 Å². The molecule has 1 nitrogen and oxygen atoms in total. The molecule has 0 unspecified atom stereocenters. The van der Waals surface area contributed by atoms with E-state index in [0.29, 0.717) is 0 Å². The van der Waals surface area contributed by atoms with Gasteiger partial charge in [0.05, 0.1) is 7.11 Å². The molecule has 0 bridgehead atoms. The molecule has 0 heterocycles. The van der Waals surface area contributed by atoms with Crippen LogP contribution in [0.1, 0.15) is 20.8 Å². The zero-order valence-electron chi connectivity index (χ0n) is 10.2. The van der Waals surface area contributed by atoms with Crippen molar-refractivity contribution in [2.24, 2.45) is 0 Å². The normalized spacial score (nSPS) is 12.5. The number of hydrogen-bond donors (Lipinski definition) is 0. The minimum Gasteiger partial charge on any atom is -0.496 e. The summed E-state index contributed by atoms with van der Waals surface area (Å²) in [6, 6.07) is 8.50. The lowest BCUT2D eigenvalue weighted by molar-refractivity contribution is 0.404. The van der Waals surface area contributed by atoms with E-state index in [0.717, 1.165) is 5.75 Å². The molecule has 0 saturated carbocycles. The molecular weight excluding hydrogens is 204 g/mol. The monoisotopic (exact) mass is 226 g/mol. The summed E-state index contributed by atoms with van der Waals surface area (Å²) in [5.41, 5.74) is 0. The Balaban J connectivity index is 3.21. The first-order chi connectivity index (χ1) is 7.24. The van der Waals surface area contributed by atoms with Gasteiger partial charge in [0.25, 0.3) is 0 Å². The second kappa shape index (κ2) is 5.45. The maximum absolute atomic E-state index is 5.48. The summed E-state index contributed by atoms with van der Waals surface area (Å²) < 4.78 is 5.48. The minimum absolute atomic E-state index is 0.657. The van der Waals surface area contributed by atoms with Crippen LogP contribution in [0.3, 0.4) is 0 Å². The smallest absolute Gasteiger partial charge is 0.130 e. The highest BCUT2D eigenvalue weighted by Gasteiger charge is 2.23. The lowest BCUT2D eigenvalue weighted by atomic mass is 10.3. The van der Waals surface area contributed by atoms with E-state index >= 15 is 0 Å². The Hall–Kier alpha value is -0.630. The quantitative estimate of drug-likeness (QED) is 0.739. The van der Waals surface area contributed by atoms with Crippen molar-refractivity contribution >= 4 is 10.0 Å². The first kappa shape index (κ1) is 12.4. The molecule has 0 aliphatic rings. The van der Waals surface area contributed by atoms with E-state index in [-0.39, 0.29) is 0 Å². The molecule has 86 valence electrons. The van der Waals surface area contributed by atoms with E-state index in [1.165, 1.54) is 22.2 Å². The fourth-order valence-corrected chi connectivity index (χ4v) is 5.16. The van der Waals surface area contributed by atoms with Crippen LogP contribution in [0.25, 0.3) is 0 Å². The van der Waals surface area contributed by atoms with Crippen molar-refractivity contribution in [3.8, 4) is 5.75 Å². The van der Waals surface area contributed by atoms with Crippen molar-refractivity contribution in [1.82, 2.24) is 0 Å². The van der Waals surface area contributed by atoms with Crippen molar-refractivity contribution in [2.75, 3.05) is 24.4 Å². The molecule has 1 rings (SSSR count). The molecule has 0 saturated heterocycles. The standard InChI is InChI=1S/C13H22OS/c1-5-15(6-2,7-3)13-11-9-8-10-12(13)14-4/h8-11H,5-7H2,1-4H3. The third-order valence-electron chi connectivity index (χ3n) is 3.19. The minimum atomic E-state index is -0.657. The van der Waals surface area contributed by atoms with E-state index < -0.39 is 10.0 Å². The van der Waals surface area contributed by atoms with E-state index in [1.54, 1.807) is 7.11 Å². The van der Waals surface area contributed by atoms with Crippen molar-refractivity contribution < 1.29 is 4.74 Å². The molecule has 2 heteroatoms. The zero-order chi connectivity index (χ0) is 11.3. The molecule has 0 N–H and O–H groups in total. The number of ether oxygens (including phenoxy) is 1. The van der Waals surface area contributed by atoms with Crippen molar-refractivity contribution in [1.29, 1.82) is 0 Å². The summed E-state index contributed by atoms with van der Waals surface area (Å²) in [5.74, 6) is 4.82. The predicted octanol–water partition coefficient (Wildman–Crippen LogP) is 3.92. The second-order valence-electron chi connectivity index (χ2n) is 3.56. The van der Waals surface area contributed by atoms with Crippen molar-refractivity contribution in [3.63, 3.8) is 0 Å². The Bertz CT molecular complexity index is 297. The van der Waals surface area contributed by atoms with Gasteiger partial charge in [-0.2, -0.15) is 0 Å². The Morgan fingerprint density at radius 2 is 1.53 bits per heavy atom. The molecule has 0 atom stereocenters. The molecule has 0 aliphatic carbocycles. The third-order valence-corrected chi connectivity index (χ3v) is 7.78. The SMILES string of the molecule is CCS(CC)(CC)c1ccccc1OC. The Morgan fingerprint density at radius 1 is 1.00 bits per heavy atom. The van der Waals surface area contributed by atoms with Gasteiger partial charge >= 0.3 is 0 Å². The molecule has 1 aromatic rings. The molecule has 0 amide bonds. The van der Waals surface area contributed by atoms with Gasteiger partial charge in [-0.15, -0.1) is 0 Å². The lowest BCUT2D eigenvalue weighted by Gasteiger charge is -2.38. The van der Waals surface area contributed by atoms with Gasteiger partial charge in [-0.3, -0.25) is 0 Å². The van der Waals surface area contributed by atoms with E-state index in [1.807, 2.05) is 6.07 Å². The highest BCUT2D eigenvalue weighted by atomic mass is 32.3. The first-order valence-electron chi connectivity index (χ1n) is 5.63. The van der Waals surface area contributed by atoms with Crippen molar-refractivity contribution in [2.45, 2.75) is 25.7 Å². The van der Waals surface area contributed by atoms with Crippen LogP contribution in [0.4, 0.5) is 0 Å². The molecule has 0 fully saturated rings. The molecule has 15 heavy (non-hydrogen) atoms. The van der Waals surface area contributed by atoms with Gasteiger partial charge in [-0.05, 0) is 29.4 Å². The molecule has 0 spiro atoms. The van der Waals surface area contributed by atoms with Gasteiger partial charge in [0, 0.05) is 4.90 Å². The zero-order valence-corrected chi connectivity index (χ0v) is 11.1. The highest BCUT2D eigenvalue weighted by Crippen LogP contribution is 2.58. The summed E-state index contributed by atoms with van der Waals surface area (Å²) in [5, 5.41) is 0. The number of methoxy groups -OCH3 is 1. The first-order valence-corrected chi connectivity index (χ1v) is 7.77. The number of rotatable bonds is 5. The third kappa shape index (κ3) is 2.31. The predicted molar refractivity (Wildman–Crippen MR) is 70.5 cm³/mol. The number of benzene rings is 1. The van der Waals surface area contributed by atoms with Gasteiger partial charge in [0.1, 0.15) is 5.75 Å². The fourth-order valence-electron chi connectivity index (χ4n) is 2.06. The van der Waals surface area contributed by atoms with Gasteiger partial charge in [0.2, 0.25) is 0 Å². The topological polar surface area (TPSA) is 9.23 Å². The van der Waals surface area contributed by atoms with Crippen molar-refractivity contribution in [3.05, 3.63) is 24.3 Å². The average molecular weight is 226 g/mol. The largest absolute Gasteiger partial charge is 0.496 e. The Labute approximate surface area is 95.2 Å². The van der Waals surface area contributed by atoms with Gasteiger partial charge < -0.3 is 4.74 Å². The lowest BCUT2D eigenvalue weighted by Crippen LogP contribution is -2.10. The van der Waals surface area contributed by atoms with Crippen LogP contribution in [0, 0.1) is 0 Å². The summed E-state index contributed by atoms with van der Waals surface area (Å²) in [7, 11) is 1.11. The summed E-state index contributed by atoms with van der Waals surface area (Å²) in [4.78, 5) is 1.44. The van der Waals surface area contributed by atoms with E-state index in [2.05, 4.69) is 39.0 Å². The number of para-hydroxylation sites is 1. The maximum atomic E-state index is 5.48. The van der Waals surface area contributed by atoms with Crippen LogP contribution >= 0.6 is 10.0 Å². The second-order valence-corrected chi connectivity index (χ2v) is 7.82. The van der Waals surface area contributed by atoms with Gasteiger partial charge in [0.15, 0.2) is 0 Å². The van der Waals surface area contributed by atoms with Crippen LogP contribution in [0.15, 0.2) is 29.2 Å². The Morgan fingerprint density at radius 3 is 2.00 bits per heavy atom. The summed E-state index contributed by atoms with van der Waals surface area (Å²) >= 11 is 0. The van der Waals surface area contributed by atoms with Crippen LogP contribution < -0.4 is 4.74 Å². The molecular formula is C13H22OS.